The van der Waals surface area contributed by atoms with Gasteiger partial charge in [-0.3, -0.25) is 0 Å². The van der Waals surface area contributed by atoms with Crippen LogP contribution in [0.2, 0.25) is 0 Å². The molecule has 0 bridgehead atoms. The normalized spacial score (nSPS) is 23.9. The Kier molecular flexibility index (Phi) is 3.80. The molecule has 0 heterocycles. The zero-order chi connectivity index (χ0) is 11.4. The molecule has 1 N–H and O–H groups in total. The summed E-state index contributed by atoms with van der Waals surface area (Å²) in [4.78, 5) is 0. The van der Waals surface area contributed by atoms with E-state index in [0.29, 0.717) is 19.1 Å². The maximum Gasteiger partial charge on any atom is 0.119 e. The Morgan fingerprint density at radius 1 is 1.19 bits per heavy atom. The maximum atomic E-state index is 9.24. The van der Waals surface area contributed by atoms with Gasteiger partial charge >= 0.3 is 0 Å². The number of aliphatic hydroxyl groups is 1. The molecule has 1 aliphatic rings. The Morgan fingerprint density at radius 3 is 2.44 bits per heavy atom. The third kappa shape index (κ3) is 2.74. The highest BCUT2D eigenvalue weighted by molar-refractivity contribution is 5.30. The van der Waals surface area contributed by atoms with Gasteiger partial charge in [-0.05, 0) is 36.5 Å². The first-order chi connectivity index (χ1) is 7.79. The summed E-state index contributed by atoms with van der Waals surface area (Å²) in [5.74, 6) is 1.41. The Labute approximate surface area is 96.0 Å². The number of aliphatic hydroxyl groups excluding tert-OH is 1. The molecule has 1 aliphatic carbocycles. The van der Waals surface area contributed by atoms with Crippen LogP contribution >= 0.6 is 0 Å². The number of hydrogen-bond acceptors (Lipinski definition) is 3. The lowest BCUT2D eigenvalue weighted by atomic mass is 9.78. The van der Waals surface area contributed by atoms with Gasteiger partial charge in [0.05, 0.1) is 12.7 Å². The number of ether oxygens (including phenoxy) is 2. The van der Waals surface area contributed by atoms with E-state index in [1.54, 1.807) is 7.11 Å². The molecule has 88 valence electrons. The van der Waals surface area contributed by atoms with Gasteiger partial charge in [0.2, 0.25) is 0 Å². The molecule has 16 heavy (non-hydrogen) atoms. The van der Waals surface area contributed by atoms with Crippen LogP contribution in [0, 0.1) is 0 Å². The van der Waals surface area contributed by atoms with Crippen LogP contribution in [0.1, 0.15) is 24.3 Å². The fraction of sp³-hybridized carbons (Fsp3) is 0.538. The van der Waals surface area contributed by atoms with Gasteiger partial charge in [-0.25, -0.2) is 0 Å². The van der Waals surface area contributed by atoms with Crippen LogP contribution in [-0.4, -0.2) is 31.5 Å². The molecular formula is C13H18O3. The van der Waals surface area contributed by atoms with Crippen LogP contribution < -0.4 is 4.74 Å². The summed E-state index contributed by atoms with van der Waals surface area (Å²) in [6.07, 6.45) is 1.69. The summed E-state index contributed by atoms with van der Waals surface area (Å²) < 4.78 is 10.4. The molecule has 0 aliphatic heterocycles. The minimum absolute atomic E-state index is 0.0948. The Hall–Kier alpha value is -1.06. The summed E-state index contributed by atoms with van der Waals surface area (Å²) in [6.45, 7) is 1.19. The molecular weight excluding hydrogens is 204 g/mol. The molecule has 1 aromatic carbocycles. The Morgan fingerprint density at radius 2 is 1.88 bits per heavy atom. The monoisotopic (exact) mass is 222 g/mol. The van der Waals surface area contributed by atoms with E-state index in [-0.39, 0.29) is 6.10 Å². The minimum atomic E-state index is -0.0948. The van der Waals surface area contributed by atoms with Crippen LogP contribution in [0.4, 0.5) is 0 Å². The zero-order valence-corrected chi connectivity index (χ0v) is 9.56. The van der Waals surface area contributed by atoms with Gasteiger partial charge in [0.15, 0.2) is 0 Å². The van der Waals surface area contributed by atoms with Crippen LogP contribution in [0.25, 0.3) is 0 Å². The van der Waals surface area contributed by atoms with E-state index < -0.39 is 0 Å². The van der Waals surface area contributed by atoms with E-state index >= 15 is 0 Å². The number of benzene rings is 1. The third-order valence-corrected chi connectivity index (χ3v) is 3.02. The second kappa shape index (κ2) is 5.32. The average molecular weight is 222 g/mol. The van der Waals surface area contributed by atoms with Crippen LogP contribution in [0.3, 0.4) is 0 Å². The quantitative estimate of drug-likeness (QED) is 0.774. The summed E-state index contributed by atoms with van der Waals surface area (Å²) in [5.41, 5.74) is 1.30. The van der Waals surface area contributed by atoms with Crippen molar-refractivity contribution in [2.45, 2.75) is 24.9 Å². The fourth-order valence-electron chi connectivity index (χ4n) is 1.94. The lowest BCUT2D eigenvalue weighted by Crippen LogP contribution is -2.26. The Bertz CT molecular complexity index is 314. The van der Waals surface area contributed by atoms with Crippen molar-refractivity contribution in [2.24, 2.45) is 0 Å². The number of rotatable bonds is 5. The molecule has 0 radical (unpaired) electrons. The average Bonchev–Trinajstić information content (AvgIpc) is 2.27. The third-order valence-electron chi connectivity index (χ3n) is 3.02. The number of hydrogen-bond donors (Lipinski definition) is 1. The van der Waals surface area contributed by atoms with Crippen molar-refractivity contribution in [3.8, 4) is 5.75 Å². The zero-order valence-electron chi connectivity index (χ0n) is 9.56. The molecule has 1 fully saturated rings. The predicted molar refractivity (Wildman–Crippen MR) is 61.8 cm³/mol. The summed E-state index contributed by atoms with van der Waals surface area (Å²) in [5, 5.41) is 9.24. The molecule has 0 aromatic heterocycles. The summed E-state index contributed by atoms with van der Waals surface area (Å²) in [7, 11) is 1.66. The molecule has 3 nitrogen and oxygen atoms in total. The highest BCUT2D eigenvalue weighted by Crippen LogP contribution is 2.37. The van der Waals surface area contributed by atoms with E-state index in [0.717, 1.165) is 18.6 Å². The lowest BCUT2D eigenvalue weighted by Gasteiger charge is -2.31. The van der Waals surface area contributed by atoms with Gasteiger partial charge in [-0.1, -0.05) is 12.1 Å². The second-order valence-electron chi connectivity index (χ2n) is 4.23. The van der Waals surface area contributed by atoms with Gasteiger partial charge < -0.3 is 14.6 Å². The molecule has 0 saturated heterocycles. The van der Waals surface area contributed by atoms with E-state index in [1.165, 1.54) is 5.56 Å². The van der Waals surface area contributed by atoms with Crippen molar-refractivity contribution in [3.05, 3.63) is 29.8 Å². The van der Waals surface area contributed by atoms with E-state index in [4.69, 9.17) is 9.47 Å². The Balaban J connectivity index is 1.84. The molecule has 3 heteroatoms. The smallest absolute Gasteiger partial charge is 0.119 e. The van der Waals surface area contributed by atoms with Gasteiger partial charge in [0, 0.05) is 7.11 Å². The molecule has 0 atom stereocenters. The summed E-state index contributed by atoms with van der Waals surface area (Å²) >= 11 is 0. The van der Waals surface area contributed by atoms with Crippen LogP contribution in [-0.2, 0) is 4.74 Å². The largest absolute Gasteiger partial charge is 0.491 e. The molecule has 0 spiro atoms. The maximum absolute atomic E-state index is 9.24. The van der Waals surface area contributed by atoms with E-state index in [1.807, 2.05) is 12.1 Å². The van der Waals surface area contributed by atoms with Crippen LogP contribution in [0.5, 0.6) is 5.75 Å². The van der Waals surface area contributed by atoms with Gasteiger partial charge in [-0.2, -0.15) is 0 Å². The second-order valence-corrected chi connectivity index (χ2v) is 4.23. The predicted octanol–water partition coefficient (Wildman–Crippen LogP) is 1.95. The highest BCUT2D eigenvalue weighted by atomic mass is 16.5. The fourth-order valence-corrected chi connectivity index (χ4v) is 1.94. The van der Waals surface area contributed by atoms with Gasteiger partial charge in [0.1, 0.15) is 12.4 Å². The molecule has 0 amide bonds. The highest BCUT2D eigenvalue weighted by Gasteiger charge is 2.28. The minimum Gasteiger partial charge on any atom is -0.491 e. The molecule has 0 unspecified atom stereocenters. The van der Waals surface area contributed by atoms with Crippen molar-refractivity contribution in [3.63, 3.8) is 0 Å². The number of methoxy groups -OCH3 is 1. The molecule has 2 rings (SSSR count). The van der Waals surface area contributed by atoms with Crippen molar-refractivity contribution in [2.75, 3.05) is 20.3 Å². The van der Waals surface area contributed by atoms with E-state index in [9.17, 15) is 5.11 Å². The van der Waals surface area contributed by atoms with Crippen molar-refractivity contribution in [1.29, 1.82) is 0 Å². The van der Waals surface area contributed by atoms with Crippen molar-refractivity contribution < 1.29 is 14.6 Å². The SMILES string of the molecule is COCCOc1ccc(C2CC(O)C2)cc1. The molecule has 1 aromatic rings. The summed E-state index contributed by atoms with van der Waals surface area (Å²) in [6, 6.07) is 8.13. The standard InChI is InChI=1S/C13H18O3/c1-15-6-7-16-13-4-2-10(3-5-13)11-8-12(14)9-11/h2-5,11-12,14H,6-9H2,1H3. The van der Waals surface area contributed by atoms with Crippen molar-refractivity contribution >= 4 is 0 Å². The molecule has 1 saturated carbocycles. The first-order valence-electron chi connectivity index (χ1n) is 5.69. The van der Waals surface area contributed by atoms with Gasteiger partial charge in [0.25, 0.3) is 0 Å². The van der Waals surface area contributed by atoms with Gasteiger partial charge in [-0.15, -0.1) is 0 Å². The first-order valence-corrected chi connectivity index (χ1v) is 5.69. The van der Waals surface area contributed by atoms with E-state index in [2.05, 4.69) is 12.1 Å². The topological polar surface area (TPSA) is 38.7 Å². The first kappa shape index (κ1) is 11.4. The van der Waals surface area contributed by atoms with Crippen LogP contribution in [0.15, 0.2) is 24.3 Å². The van der Waals surface area contributed by atoms with Crippen molar-refractivity contribution in [1.82, 2.24) is 0 Å². The lowest BCUT2D eigenvalue weighted by molar-refractivity contribution is 0.0746.